The first-order valence-corrected chi connectivity index (χ1v) is 8.01. The fraction of sp³-hybridized carbons (Fsp3) is 0.562. The van der Waals surface area contributed by atoms with Crippen LogP contribution < -0.4 is 5.32 Å². The van der Waals surface area contributed by atoms with E-state index >= 15 is 0 Å². The van der Waals surface area contributed by atoms with Crippen molar-refractivity contribution in [2.75, 3.05) is 6.54 Å². The van der Waals surface area contributed by atoms with Crippen molar-refractivity contribution in [1.82, 2.24) is 5.32 Å². The molecule has 0 bridgehead atoms. The molecule has 2 N–H and O–H groups in total. The van der Waals surface area contributed by atoms with Gasteiger partial charge in [0.1, 0.15) is 4.75 Å². The van der Waals surface area contributed by atoms with Gasteiger partial charge < -0.3 is 10.4 Å². The van der Waals surface area contributed by atoms with Gasteiger partial charge in [-0.2, -0.15) is 0 Å². The molecule has 0 heterocycles. The van der Waals surface area contributed by atoms with Crippen LogP contribution in [0.5, 0.6) is 0 Å². The van der Waals surface area contributed by atoms with Crippen LogP contribution in [-0.2, 0) is 17.6 Å². The van der Waals surface area contributed by atoms with Gasteiger partial charge in [0.15, 0.2) is 0 Å². The molecule has 0 saturated heterocycles. The van der Waals surface area contributed by atoms with E-state index in [2.05, 4.69) is 30.4 Å². The molecule has 4 heteroatoms. The van der Waals surface area contributed by atoms with Gasteiger partial charge in [-0.1, -0.05) is 13.0 Å². The van der Waals surface area contributed by atoms with Gasteiger partial charge in [0.05, 0.1) is 0 Å². The van der Waals surface area contributed by atoms with Crippen LogP contribution >= 0.6 is 11.8 Å². The number of aryl methyl sites for hydroxylation is 1. The van der Waals surface area contributed by atoms with Crippen molar-refractivity contribution in [3.8, 4) is 0 Å². The first-order chi connectivity index (χ1) is 9.42. The molecule has 0 saturated carbocycles. The summed E-state index contributed by atoms with van der Waals surface area (Å²) in [5, 5.41) is 12.7. The summed E-state index contributed by atoms with van der Waals surface area (Å²) < 4.78 is -0.783. The molecule has 1 atom stereocenters. The lowest BCUT2D eigenvalue weighted by Gasteiger charge is -2.26. The van der Waals surface area contributed by atoms with Crippen molar-refractivity contribution < 1.29 is 9.90 Å². The zero-order valence-corrected chi connectivity index (χ0v) is 13.2. The van der Waals surface area contributed by atoms with Gasteiger partial charge in [0.2, 0.25) is 0 Å². The molecule has 2 rings (SSSR count). The quantitative estimate of drug-likeness (QED) is 0.819. The predicted molar refractivity (Wildman–Crippen MR) is 83.5 cm³/mol. The molecule has 0 amide bonds. The summed E-state index contributed by atoms with van der Waals surface area (Å²) in [5.41, 5.74) is 2.78. The highest BCUT2D eigenvalue weighted by Crippen LogP contribution is 2.35. The second-order valence-corrected chi connectivity index (χ2v) is 7.54. The number of carboxylic acids is 1. The monoisotopic (exact) mass is 293 g/mol. The molecule has 1 aliphatic carbocycles. The molecular formula is C16H23NO2S. The van der Waals surface area contributed by atoms with Crippen LogP contribution in [0.25, 0.3) is 0 Å². The van der Waals surface area contributed by atoms with Gasteiger partial charge >= 0.3 is 5.97 Å². The van der Waals surface area contributed by atoms with Crippen LogP contribution in [0.3, 0.4) is 0 Å². The normalized spacial score (nSPS) is 18.6. The molecule has 20 heavy (non-hydrogen) atoms. The summed E-state index contributed by atoms with van der Waals surface area (Å²) in [6, 6.07) is 6.98. The molecule has 0 aliphatic heterocycles. The second kappa shape index (κ2) is 6.19. The Kier molecular flexibility index (Phi) is 4.76. The highest BCUT2D eigenvalue weighted by Gasteiger charge is 2.29. The van der Waals surface area contributed by atoms with Gasteiger partial charge in [-0.3, -0.25) is 4.79 Å². The summed E-state index contributed by atoms with van der Waals surface area (Å²) in [6.45, 7) is 6.66. The number of thioether (sulfide) groups is 1. The lowest BCUT2D eigenvalue weighted by molar-refractivity contribution is -0.138. The standard InChI is InChI=1S/C16H23NO2S/c1-4-17-13-7-5-12-10-14(8-6-11(12)9-13)20-16(2,3)15(18)19/h6,8,10,13,17H,4-5,7,9H2,1-3H3,(H,18,19). The number of carbonyl (C=O) groups is 1. The van der Waals surface area contributed by atoms with Crippen molar-refractivity contribution in [2.24, 2.45) is 0 Å². The lowest BCUT2D eigenvalue weighted by Crippen LogP contribution is -2.34. The SMILES string of the molecule is CCNC1CCc2cc(SC(C)(C)C(=O)O)ccc2C1. The maximum atomic E-state index is 11.2. The predicted octanol–water partition coefficient (Wildman–Crippen LogP) is 3.11. The molecule has 1 unspecified atom stereocenters. The van der Waals surface area contributed by atoms with Crippen molar-refractivity contribution in [2.45, 2.75) is 55.7 Å². The number of benzene rings is 1. The van der Waals surface area contributed by atoms with E-state index in [4.69, 9.17) is 0 Å². The number of aliphatic carboxylic acids is 1. The Morgan fingerprint density at radius 2 is 2.20 bits per heavy atom. The van der Waals surface area contributed by atoms with Crippen molar-refractivity contribution in [3.05, 3.63) is 29.3 Å². The van der Waals surface area contributed by atoms with Crippen LogP contribution in [0.1, 0.15) is 38.3 Å². The highest BCUT2D eigenvalue weighted by atomic mass is 32.2. The van der Waals surface area contributed by atoms with Crippen LogP contribution in [0.2, 0.25) is 0 Å². The summed E-state index contributed by atoms with van der Waals surface area (Å²) in [7, 11) is 0. The summed E-state index contributed by atoms with van der Waals surface area (Å²) >= 11 is 1.42. The summed E-state index contributed by atoms with van der Waals surface area (Å²) in [4.78, 5) is 12.3. The van der Waals surface area contributed by atoms with Gasteiger partial charge in [-0.05, 0) is 62.9 Å². The molecule has 1 aromatic rings. The number of likely N-dealkylation sites (N-methyl/N-ethyl adjacent to an activating group) is 1. The average molecular weight is 293 g/mol. The van der Waals surface area contributed by atoms with E-state index in [1.54, 1.807) is 13.8 Å². The fourth-order valence-electron chi connectivity index (χ4n) is 2.60. The molecular weight excluding hydrogens is 270 g/mol. The van der Waals surface area contributed by atoms with Crippen LogP contribution in [0.15, 0.2) is 23.1 Å². The minimum Gasteiger partial charge on any atom is -0.480 e. The van der Waals surface area contributed by atoms with E-state index in [9.17, 15) is 9.90 Å². The minimum absolute atomic E-state index is 0.585. The smallest absolute Gasteiger partial charge is 0.319 e. The average Bonchev–Trinajstić information content (AvgIpc) is 2.38. The van der Waals surface area contributed by atoms with E-state index in [1.165, 1.54) is 22.9 Å². The van der Waals surface area contributed by atoms with E-state index in [0.717, 1.165) is 30.7 Å². The van der Waals surface area contributed by atoms with E-state index in [1.807, 2.05) is 0 Å². The Morgan fingerprint density at radius 1 is 1.45 bits per heavy atom. The molecule has 110 valence electrons. The number of hydrogen-bond acceptors (Lipinski definition) is 3. The van der Waals surface area contributed by atoms with Gasteiger partial charge in [0, 0.05) is 10.9 Å². The Bertz CT molecular complexity index is 499. The third-order valence-electron chi connectivity index (χ3n) is 3.79. The number of carboxylic acid groups (broad SMARTS) is 1. The van der Waals surface area contributed by atoms with E-state index in [0.29, 0.717) is 6.04 Å². The molecule has 1 aliphatic rings. The van der Waals surface area contributed by atoms with Gasteiger partial charge in [-0.25, -0.2) is 0 Å². The Hall–Kier alpha value is -1.00. The maximum absolute atomic E-state index is 11.2. The lowest BCUT2D eigenvalue weighted by atomic mass is 9.88. The number of nitrogens with one attached hydrogen (secondary N) is 1. The largest absolute Gasteiger partial charge is 0.480 e. The van der Waals surface area contributed by atoms with Crippen LogP contribution in [0, 0.1) is 0 Å². The van der Waals surface area contributed by atoms with Crippen molar-refractivity contribution in [3.63, 3.8) is 0 Å². The molecule has 0 fully saturated rings. The fourth-order valence-corrected chi connectivity index (χ4v) is 3.61. The highest BCUT2D eigenvalue weighted by molar-refractivity contribution is 8.01. The van der Waals surface area contributed by atoms with Crippen LogP contribution in [0.4, 0.5) is 0 Å². The first-order valence-electron chi connectivity index (χ1n) is 7.20. The summed E-state index contributed by atoms with van der Waals surface area (Å²) in [6.07, 6.45) is 3.32. The van der Waals surface area contributed by atoms with Crippen molar-refractivity contribution >= 4 is 17.7 Å². The number of hydrogen-bond donors (Lipinski definition) is 2. The zero-order valence-electron chi connectivity index (χ0n) is 12.4. The summed E-state index contributed by atoms with van der Waals surface area (Å²) in [5.74, 6) is -0.771. The maximum Gasteiger partial charge on any atom is 0.319 e. The zero-order chi connectivity index (χ0) is 14.8. The minimum atomic E-state index is -0.783. The molecule has 0 aromatic heterocycles. The van der Waals surface area contributed by atoms with Crippen LogP contribution in [-0.4, -0.2) is 28.4 Å². The molecule has 1 aromatic carbocycles. The Labute approximate surface area is 125 Å². The third-order valence-corrected chi connectivity index (χ3v) is 4.96. The Balaban J connectivity index is 2.12. The molecule has 0 spiro atoms. The van der Waals surface area contributed by atoms with E-state index in [-0.39, 0.29) is 0 Å². The number of fused-ring (bicyclic) bond motifs is 1. The Morgan fingerprint density at radius 3 is 2.85 bits per heavy atom. The molecule has 0 radical (unpaired) electrons. The van der Waals surface area contributed by atoms with Crippen molar-refractivity contribution in [1.29, 1.82) is 0 Å². The number of rotatable bonds is 5. The first kappa shape index (κ1) is 15.4. The third kappa shape index (κ3) is 3.55. The molecule has 3 nitrogen and oxygen atoms in total. The van der Waals surface area contributed by atoms with E-state index < -0.39 is 10.7 Å². The topological polar surface area (TPSA) is 49.3 Å². The van der Waals surface area contributed by atoms with Gasteiger partial charge in [0.25, 0.3) is 0 Å². The van der Waals surface area contributed by atoms with Gasteiger partial charge in [-0.15, -0.1) is 11.8 Å². The second-order valence-electron chi connectivity index (χ2n) is 5.85.